The zero-order valence-electron chi connectivity index (χ0n) is 13.4. The monoisotopic (exact) mass is 292 g/mol. The first-order valence-electron chi connectivity index (χ1n) is 9.44. The molecule has 3 aliphatic carbocycles. The van der Waals surface area contributed by atoms with Crippen LogP contribution in [-0.2, 0) is 0 Å². The summed E-state index contributed by atoms with van der Waals surface area (Å²) < 4.78 is 0. The van der Waals surface area contributed by atoms with E-state index in [0.717, 1.165) is 18.0 Å². The van der Waals surface area contributed by atoms with Gasteiger partial charge in [-0.1, -0.05) is 12.8 Å². The van der Waals surface area contributed by atoms with Gasteiger partial charge in [0.2, 0.25) is 0 Å². The molecule has 0 amide bonds. The molecule has 120 valence electrons. The Morgan fingerprint density at radius 3 is 2.67 bits per heavy atom. The van der Waals surface area contributed by atoms with E-state index in [2.05, 4.69) is 10.2 Å². The van der Waals surface area contributed by atoms with Crippen molar-refractivity contribution in [3.05, 3.63) is 0 Å². The Bertz CT molecular complexity index is 370. The Hall–Kier alpha value is -0.120. The summed E-state index contributed by atoms with van der Waals surface area (Å²) in [6.07, 6.45) is 14.9. The molecule has 0 spiro atoms. The fourth-order valence-electron chi connectivity index (χ4n) is 5.49. The highest BCUT2D eigenvalue weighted by atomic mass is 16.3. The Morgan fingerprint density at radius 1 is 1.00 bits per heavy atom. The van der Waals surface area contributed by atoms with Crippen LogP contribution in [0.4, 0.5) is 0 Å². The van der Waals surface area contributed by atoms with Gasteiger partial charge in [0.15, 0.2) is 0 Å². The Balaban J connectivity index is 1.44. The van der Waals surface area contributed by atoms with Crippen molar-refractivity contribution >= 4 is 0 Å². The van der Waals surface area contributed by atoms with Crippen LogP contribution in [0.5, 0.6) is 0 Å². The van der Waals surface area contributed by atoms with Crippen LogP contribution in [0.2, 0.25) is 0 Å². The van der Waals surface area contributed by atoms with Gasteiger partial charge in [-0.3, -0.25) is 4.90 Å². The molecule has 3 nitrogen and oxygen atoms in total. The quantitative estimate of drug-likeness (QED) is 0.836. The molecule has 3 saturated carbocycles. The molecule has 4 aliphatic rings. The summed E-state index contributed by atoms with van der Waals surface area (Å²) in [5, 5.41) is 13.8. The average Bonchev–Trinajstić information content (AvgIpc) is 3.23. The SMILES string of the molecule is OCC1(NC2CC2)CCCC(N2CCC3CCCCC32)C1. The summed E-state index contributed by atoms with van der Waals surface area (Å²) in [6, 6.07) is 2.31. The molecule has 0 aromatic rings. The summed E-state index contributed by atoms with van der Waals surface area (Å²) in [5.74, 6) is 0.987. The minimum absolute atomic E-state index is 0.0385. The normalized spacial score (nSPS) is 44.7. The zero-order chi connectivity index (χ0) is 14.3. The van der Waals surface area contributed by atoms with E-state index in [1.54, 1.807) is 0 Å². The van der Waals surface area contributed by atoms with Crippen molar-refractivity contribution in [2.45, 2.75) is 94.3 Å². The second kappa shape index (κ2) is 5.82. The standard InChI is InChI=1S/C18H32N2O/c21-13-18(19-15-7-8-15)10-3-5-16(12-18)20-11-9-14-4-1-2-6-17(14)20/h14-17,19,21H,1-13H2. The maximum atomic E-state index is 10.0. The average molecular weight is 292 g/mol. The van der Waals surface area contributed by atoms with Gasteiger partial charge in [-0.2, -0.15) is 0 Å². The molecule has 0 aromatic carbocycles. The third kappa shape index (κ3) is 2.89. The number of aliphatic hydroxyl groups is 1. The van der Waals surface area contributed by atoms with Gasteiger partial charge >= 0.3 is 0 Å². The van der Waals surface area contributed by atoms with Gasteiger partial charge in [-0.25, -0.2) is 0 Å². The number of nitrogens with one attached hydrogen (secondary N) is 1. The van der Waals surface area contributed by atoms with Crippen molar-refractivity contribution in [1.82, 2.24) is 10.2 Å². The molecule has 2 N–H and O–H groups in total. The van der Waals surface area contributed by atoms with Crippen LogP contribution in [0.15, 0.2) is 0 Å². The van der Waals surface area contributed by atoms with Gasteiger partial charge in [0.25, 0.3) is 0 Å². The highest BCUT2D eigenvalue weighted by Crippen LogP contribution is 2.42. The van der Waals surface area contributed by atoms with Crippen LogP contribution in [-0.4, -0.2) is 46.8 Å². The fraction of sp³-hybridized carbons (Fsp3) is 1.00. The van der Waals surface area contributed by atoms with E-state index in [0.29, 0.717) is 12.6 Å². The third-order valence-corrected chi connectivity index (χ3v) is 6.73. The topological polar surface area (TPSA) is 35.5 Å². The first-order valence-corrected chi connectivity index (χ1v) is 9.44. The minimum atomic E-state index is 0.0385. The highest BCUT2D eigenvalue weighted by molar-refractivity contribution is 5.03. The smallest absolute Gasteiger partial charge is 0.0613 e. The molecular weight excluding hydrogens is 260 g/mol. The predicted octanol–water partition coefficient (Wildman–Crippen LogP) is 2.68. The van der Waals surface area contributed by atoms with Crippen molar-refractivity contribution in [2.24, 2.45) is 5.92 Å². The number of fused-ring (bicyclic) bond motifs is 1. The van der Waals surface area contributed by atoms with Crippen molar-refractivity contribution in [3.8, 4) is 0 Å². The zero-order valence-corrected chi connectivity index (χ0v) is 13.4. The molecule has 3 heteroatoms. The Morgan fingerprint density at radius 2 is 1.86 bits per heavy atom. The van der Waals surface area contributed by atoms with E-state index in [1.165, 1.54) is 77.2 Å². The summed E-state index contributed by atoms with van der Waals surface area (Å²) >= 11 is 0. The number of rotatable bonds is 4. The molecule has 4 unspecified atom stereocenters. The molecule has 1 aliphatic heterocycles. The summed E-state index contributed by atoms with van der Waals surface area (Å²) in [5.41, 5.74) is 0.0385. The molecule has 0 bridgehead atoms. The lowest BCUT2D eigenvalue weighted by molar-refractivity contribution is 0.0414. The van der Waals surface area contributed by atoms with Crippen molar-refractivity contribution in [1.29, 1.82) is 0 Å². The highest BCUT2D eigenvalue weighted by Gasteiger charge is 2.45. The van der Waals surface area contributed by atoms with Crippen LogP contribution in [0.3, 0.4) is 0 Å². The summed E-state index contributed by atoms with van der Waals surface area (Å²) in [4.78, 5) is 2.86. The molecule has 1 heterocycles. The van der Waals surface area contributed by atoms with E-state index in [1.807, 2.05) is 0 Å². The lowest BCUT2D eigenvalue weighted by atomic mass is 9.77. The van der Waals surface area contributed by atoms with Crippen molar-refractivity contribution in [3.63, 3.8) is 0 Å². The van der Waals surface area contributed by atoms with Gasteiger partial charge < -0.3 is 10.4 Å². The molecule has 4 rings (SSSR count). The second-order valence-electron chi connectivity index (χ2n) is 8.25. The lowest BCUT2D eigenvalue weighted by Gasteiger charge is -2.46. The molecule has 4 fully saturated rings. The van der Waals surface area contributed by atoms with Gasteiger partial charge in [0.05, 0.1) is 6.61 Å². The summed E-state index contributed by atoms with van der Waals surface area (Å²) in [7, 11) is 0. The molecule has 4 atom stereocenters. The second-order valence-corrected chi connectivity index (χ2v) is 8.25. The molecule has 21 heavy (non-hydrogen) atoms. The first-order chi connectivity index (χ1) is 10.3. The van der Waals surface area contributed by atoms with Gasteiger partial charge in [-0.15, -0.1) is 0 Å². The van der Waals surface area contributed by atoms with Crippen LogP contribution in [0.25, 0.3) is 0 Å². The number of nitrogens with zero attached hydrogens (tertiary/aromatic N) is 1. The minimum Gasteiger partial charge on any atom is -0.394 e. The van der Waals surface area contributed by atoms with Gasteiger partial charge in [-0.05, 0) is 70.3 Å². The largest absolute Gasteiger partial charge is 0.394 e. The lowest BCUT2D eigenvalue weighted by Crippen LogP contribution is -2.57. The van der Waals surface area contributed by atoms with Gasteiger partial charge in [0, 0.05) is 23.7 Å². The summed E-state index contributed by atoms with van der Waals surface area (Å²) in [6.45, 7) is 1.66. The Kier molecular flexibility index (Phi) is 4.01. The van der Waals surface area contributed by atoms with E-state index in [4.69, 9.17) is 0 Å². The number of hydrogen-bond acceptors (Lipinski definition) is 3. The predicted molar refractivity (Wildman–Crippen MR) is 85.3 cm³/mol. The maximum Gasteiger partial charge on any atom is 0.0613 e. The van der Waals surface area contributed by atoms with Crippen LogP contribution < -0.4 is 5.32 Å². The number of aliphatic hydroxyl groups excluding tert-OH is 1. The first kappa shape index (κ1) is 14.5. The molecule has 0 radical (unpaired) electrons. The Labute approximate surface area is 129 Å². The maximum absolute atomic E-state index is 10.0. The molecular formula is C18H32N2O. The van der Waals surface area contributed by atoms with Crippen molar-refractivity contribution in [2.75, 3.05) is 13.2 Å². The fourth-order valence-corrected chi connectivity index (χ4v) is 5.49. The van der Waals surface area contributed by atoms with Crippen LogP contribution in [0, 0.1) is 5.92 Å². The van der Waals surface area contributed by atoms with Gasteiger partial charge in [0.1, 0.15) is 0 Å². The van der Waals surface area contributed by atoms with E-state index in [-0.39, 0.29) is 5.54 Å². The molecule has 0 aromatic heterocycles. The third-order valence-electron chi connectivity index (χ3n) is 6.73. The van der Waals surface area contributed by atoms with E-state index >= 15 is 0 Å². The number of likely N-dealkylation sites (tertiary alicyclic amines) is 1. The van der Waals surface area contributed by atoms with Crippen molar-refractivity contribution < 1.29 is 5.11 Å². The van der Waals surface area contributed by atoms with E-state index in [9.17, 15) is 5.11 Å². The van der Waals surface area contributed by atoms with Crippen LogP contribution in [0.1, 0.15) is 70.6 Å². The molecule has 1 saturated heterocycles. The van der Waals surface area contributed by atoms with Crippen LogP contribution >= 0.6 is 0 Å². The number of hydrogen-bond donors (Lipinski definition) is 2. The van der Waals surface area contributed by atoms with E-state index < -0.39 is 0 Å².